The highest BCUT2D eigenvalue weighted by Gasteiger charge is 2.35. The maximum Gasteiger partial charge on any atom is 0.127 e. The lowest BCUT2D eigenvalue weighted by Crippen LogP contribution is -2.10. The van der Waals surface area contributed by atoms with Crippen molar-refractivity contribution >= 4 is 12.6 Å². The highest BCUT2D eigenvalue weighted by atomic mass is 16.3. The SMILES string of the molecule is C=C1[C@@H](C=O)[C@@H](CC=O)C[C@@H]1O. The van der Waals surface area contributed by atoms with Crippen LogP contribution in [0, 0.1) is 11.8 Å². The van der Waals surface area contributed by atoms with Crippen LogP contribution in [0.4, 0.5) is 0 Å². The molecule has 3 nitrogen and oxygen atoms in total. The molecular weight excluding hydrogens is 156 g/mol. The summed E-state index contributed by atoms with van der Waals surface area (Å²) >= 11 is 0. The van der Waals surface area contributed by atoms with E-state index >= 15 is 0 Å². The quantitative estimate of drug-likeness (QED) is 0.488. The molecule has 12 heavy (non-hydrogen) atoms. The first kappa shape index (κ1) is 9.13. The molecule has 3 heteroatoms. The molecule has 0 aromatic carbocycles. The fourth-order valence-corrected chi connectivity index (χ4v) is 1.67. The number of carbonyl (C=O) groups excluding carboxylic acids is 2. The summed E-state index contributed by atoms with van der Waals surface area (Å²) in [6.45, 7) is 3.62. The minimum absolute atomic E-state index is 0.0394. The summed E-state index contributed by atoms with van der Waals surface area (Å²) in [5.41, 5.74) is 0.553. The molecule has 0 unspecified atom stereocenters. The summed E-state index contributed by atoms with van der Waals surface area (Å²) in [5.74, 6) is -0.368. The molecule has 0 aromatic heterocycles. The molecule has 0 aliphatic heterocycles. The van der Waals surface area contributed by atoms with Gasteiger partial charge in [0.15, 0.2) is 0 Å². The molecule has 1 aliphatic carbocycles. The van der Waals surface area contributed by atoms with E-state index in [1.807, 2.05) is 0 Å². The molecule has 1 rings (SSSR count). The summed E-state index contributed by atoms with van der Waals surface area (Å²) in [6.07, 6.45) is 1.77. The number of hydrogen-bond donors (Lipinski definition) is 1. The monoisotopic (exact) mass is 168 g/mol. The van der Waals surface area contributed by atoms with Crippen LogP contribution in [0.15, 0.2) is 12.2 Å². The van der Waals surface area contributed by atoms with E-state index < -0.39 is 6.10 Å². The van der Waals surface area contributed by atoms with E-state index in [0.29, 0.717) is 18.4 Å². The Morgan fingerprint density at radius 2 is 2.25 bits per heavy atom. The van der Waals surface area contributed by atoms with Gasteiger partial charge in [-0.2, -0.15) is 0 Å². The van der Waals surface area contributed by atoms with Crippen LogP contribution >= 0.6 is 0 Å². The van der Waals surface area contributed by atoms with Gasteiger partial charge >= 0.3 is 0 Å². The summed E-state index contributed by atoms with van der Waals surface area (Å²) < 4.78 is 0. The number of hydrogen-bond acceptors (Lipinski definition) is 3. The second kappa shape index (κ2) is 3.63. The minimum atomic E-state index is -0.606. The van der Waals surface area contributed by atoms with Crippen LogP contribution in [-0.2, 0) is 9.59 Å². The fraction of sp³-hybridized carbons (Fsp3) is 0.556. The average Bonchev–Trinajstić information content (AvgIpc) is 2.29. The normalized spacial score (nSPS) is 35.1. The zero-order valence-electron chi connectivity index (χ0n) is 6.77. The third kappa shape index (κ3) is 1.46. The smallest absolute Gasteiger partial charge is 0.127 e. The minimum Gasteiger partial charge on any atom is -0.389 e. The van der Waals surface area contributed by atoms with Gasteiger partial charge in [0.25, 0.3) is 0 Å². The Morgan fingerprint density at radius 1 is 1.58 bits per heavy atom. The van der Waals surface area contributed by atoms with E-state index in [0.717, 1.165) is 12.6 Å². The molecule has 0 heterocycles. The van der Waals surface area contributed by atoms with Gasteiger partial charge in [0.05, 0.1) is 6.10 Å². The van der Waals surface area contributed by atoms with Crippen LogP contribution in [0.5, 0.6) is 0 Å². The zero-order chi connectivity index (χ0) is 9.14. The molecule has 0 saturated heterocycles. The van der Waals surface area contributed by atoms with Gasteiger partial charge in [0.1, 0.15) is 12.6 Å². The third-order valence-corrected chi connectivity index (χ3v) is 2.44. The summed E-state index contributed by atoms with van der Waals surface area (Å²) in [5, 5.41) is 9.32. The average molecular weight is 168 g/mol. The van der Waals surface area contributed by atoms with Crippen LogP contribution < -0.4 is 0 Å². The van der Waals surface area contributed by atoms with Gasteiger partial charge in [-0.3, -0.25) is 0 Å². The summed E-state index contributed by atoms with van der Waals surface area (Å²) in [4.78, 5) is 20.8. The van der Waals surface area contributed by atoms with Crippen molar-refractivity contribution in [2.24, 2.45) is 11.8 Å². The van der Waals surface area contributed by atoms with E-state index in [1.165, 1.54) is 0 Å². The lowest BCUT2D eigenvalue weighted by atomic mass is 9.93. The molecule has 1 N–H and O–H groups in total. The van der Waals surface area contributed by atoms with Crippen molar-refractivity contribution in [1.29, 1.82) is 0 Å². The van der Waals surface area contributed by atoms with Crippen LogP contribution in [-0.4, -0.2) is 23.8 Å². The van der Waals surface area contributed by atoms with Gasteiger partial charge in [-0.25, -0.2) is 0 Å². The Hall–Kier alpha value is -0.960. The molecule has 0 spiro atoms. The lowest BCUT2D eigenvalue weighted by molar-refractivity contribution is -0.112. The van der Waals surface area contributed by atoms with E-state index in [2.05, 4.69) is 6.58 Å². The molecule has 1 saturated carbocycles. The van der Waals surface area contributed by atoms with Gasteiger partial charge in [-0.05, 0) is 17.9 Å². The van der Waals surface area contributed by atoms with Crippen molar-refractivity contribution in [1.82, 2.24) is 0 Å². The molecule has 66 valence electrons. The molecular formula is C9H12O3. The highest BCUT2D eigenvalue weighted by Crippen LogP contribution is 2.35. The largest absolute Gasteiger partial charge is 0.389 e. The van der Waals surface area contributed by atoms with E-state index in [-0.39, 0.29) is 11.8 Å². The van der Waals surface area contributed by atoms with Crippen molar-refractivity contribution in [3.05, 3.63) is 12.2 Å². The van der Waals surface area contributed by atoms with Crippen molar-refractivity contribution < 1.29 is 14.7 Å². The van der Waals surface area contributed by atoms with Gasteiger partial charge in [0, 0.05) is 12.3 Å². The first-order chi connectivity index (χ1) is 5.70. The molecule has 0 amide bonds. The number of aliphatic hydroxyl groups is 1. The zero-order valence-corrected chi connectivity index (χ0v) is 6.77. The standard InChI is InChI=1S/C9H12O3/c1-6-8(5-11)7(2-3-10)4-9(6)12/h3,5,7-9,12H,1-2,4H2/t7-,8+,9-/m0/s1. The van der Waals surface area contributed by atoms with Crippen LogP contribution in [0.3, 0.4) is 0 Å². The van der Waals surface area contributed by atoms with E-state index in [9.17, 15) is 14.7 Å². The number of rotatable bonds is 3. The Kier molecular flexibility index (Phi) is 2.76. The van der Waals surface area contributed by atoms with Crippen LogP contribution in [0.2, 0.25) is 0 Å². The second-order valence-electron chi connectivity index (χ2n) is 3.15. The van der Waals surface area contributed by atoms with Crippen LogP contribution in [0.1, 0.15) is 12.8 Å². The van der Waals surface area contributed by atoms with Gasteiger partial charge in [0.2, 0.25) is 0 Å². The first-order valence-corrected chi connectivity index (χ1v) is 3.96. The number of carbonyl (C=O) groups is 2. The summed E-state index contributed by atoms with van der Waals surface area (Å²) in [6, 6.07) is 0. The predicted molar refractivity (Wildman–Crippen MR) is 43.5 cm³/mol. The van der Waals surface area contributed by atoms with Crippen molar-refractivity contribution in [2.75, 3.05) is 0 Å². The molecule has 1 fully saturated rings. The van der Waals surface area contributed by atoms with Crippen molar-refractivity contribution in [3.63, 3.8) is 0 Å². The number of aldehydes is 2. The Labute approximate surface area is 71.1 Å². The molecule has 0 aromatic rings. The maximum absolute atomic E-state index is 10.6. The van der Waals surface area contributed by atoms with E-state index in [1.54, 1.807) is 0 Å². The van der Waals surface area contributed by atoms with E-state index in [4.69, 9.17) is 0 Å². The van der Waals surface area contributed by atoms with Gasteiger partial charge in [-0.15, -0.1) is 0 Å². The molecule has 0 radical (unpaired) electrons. The summed E-state index contributed by atoms with van der Waals surface area (Å²) in [7, 11) is 0. The van der Waals surface area contributed by atoms with Gasteiger partial charge in [-0.1, -0.05) is 6.58 Å². The first-order valence-electron chi connectivity index (χ1n) is 3.96. The molecule has 1 aliphatic rings. The molecule has 0 bridgehead atoms. The maximum atomic E-state index is 10.6. The fourth-order valence-electron chi connectivity index (χ4n) is 1.67. The lowest BCUT2D eigenvalue weighted by Gasteiger charge is -2.09. The highest BCUT2D eigenvalue weighted by molar-refractivity contribution is 5.63. The second-order valence-corrected chi connectivity index (χ2v) is 3.15. The van der Waals surface area contributed by atoms with Gasteiger partial charge < -0.3 is 14.7 Å². The Morgan fingerprint density at radius 3 is 2.75 bits per heavy atom. The number of aliphatic hydroxyl groups excluding tert-OH is 1. The van der Waals surface area contributed by atoms with Crippen LogP contribution in [0.25, 0.3) is 0 Å². The Bertz CT molecular complexity index is 210. The van der Waals surface area contributed by atoms with Crippen molar-refractivity contribution in [3.8, 4) is 0 Å². The van der Waals surface area contributed by atoms with Crippen molar-refractivity contribution in [2.45, 2.75) is 18.9 Å². The topological polar surface area (TPSA) is 54.4 Å². The Balaban J connectivity index is 2.70. The third-order valence-electron chi connectivity index (χ3n) is 2.44. The molecule has 3 atom stereocenters. The predicted octanol–water partition coefficient (Wildman–Crippen LogP) is 0.327.